The largest absolute Gasteiger partial charge is 0.477 e. The first-order chi connectivity index (χ1) is 9.15. The number of thiophene rings is 1. The van der Waals surface area contributed by atoms with E-state index in [9.17, 15) is 4.79 Å². The van der Waals surface area contributed by atoms with Gasteiger partial charge in [-0.25, -0.2) is 9.78 Å². The van der Waals surface area contributed by atoms with Gasteiger partial charge in [0.25, 0.3) is 0 Å². The zero-order valence-electron chi connectivity index (χ0n) is 9.88. The number of rotatable bonds is 5. The number of aromatic nitrogens is 1. The molecule has 1 fully saturated rings. The number of hydrogen-bond donors (Lipinski definition) is 1. The number of anilines is 1. The molecule has 1 N–H and O–H groups in total. The predicted octanol–water partition coefficient (Wildman–Crippen LogP) is 3.73. The molecule has 0 saturated heterocycles. The van der Waals surface area contributed by atoms with Gasteiger partial charge in [-0.05, 0) is 35.2 Å². The Morgan fingerprint density at radius 2 is 2.37 bits per heavy atom. The Morgan fingerprint density at radius 3 is 2.89 bits per heavy atom. The average Bonchev–Trinajstić information content (AvgIpc) is 2.93. The molecule has 3 rings (SSSR count). The Hall–Kier alpha value is -1.11. The molecular formula is C12H11ClN2O2S2. The van der Waals surface area contributed by atoms with Crippen molar-refractivity contribution in [2.24, 2.45) is 0 Å². The van der Waals surface area contributed by atoms with Crippen molar-refractivity contribution >= 4 is 45.4 Å². The van der Waals surface area contributed by atoms with Crippen LogP contribution in [0, 0.1) is 0 Å². The van der Waals surface area contributed by atoms with Crippen LogP contribution in [0.2, 0.25) is 5.15 Å². The third-order valence-electron chi connectivity index (χ3n) is 2.94. The highest BCUT2D eigenvalue weighted by Gasteiger charge is 2.32. The van der Waals surface area contributed by atoms with Gasteiger partial charge >= 0.3 is 5.97 Å². The summed E-state index contributed by atoms with van der Waals surface area (Å²) < 4.78 is 0. The summed E-state index contributed by atoms with van der Waals surface area (Å²) in [5.41, 5.74) is 1.22. The van der Waals surface area contributed by atoms with Crippen molar-refractivity contribution in [3.63, 3.8) is 0 Å². The number of aromatic carboxylic acids is 1. The lowest BCUT2D eigenvalue weighted by molar-refractivity contribution is 0.0702. The number of hydrogen-bond acceptors (Lipinski definition) is 5. The van der Waals surface area contributed by atoms with Crippen LogP contribution < -0.4 is 4.90 Å². The van der Waals surface area contributed by atoms with Crippen LogP contribution in [-0.4, -0.2) is 22.1 Å². The Balaban J connectivity index is 1.87. The maximum absolute atomic E-state index is 11.0. The molecule has 0 radical (unpaired) electrons. The molecule has 1 aliphatic rings. The first kappa shape index (κ1) is 12.9. The van der Waals surface area contributed by atoms with E-state index in [1.807, 2.05) is 5.38 Å². The number of carboxylic acid groups (broad SMARTS) is 1. The summed E-state index contributed by atoms with van der Waals surface area (Å²) in [5.74, 6) is -1.01. The van der Waals surface area contributed by atoms with Crippen molar-refractivity contribution in [2.75, 3.05) is 4.90 Å². The summed E-state index contributed by atoms with van der Waals surface area (Å²) in [6.07, 6.45) is 2.26. The molecule has 1 aliphatic carbocycles. The minimum Gasteiger partial charge on any atom is -0.477 e. The van der Waals surface area contributed by atoms with Crippen molar-refractivity contribution in [3.8, 4) is 0 Å². The molecule has 0 amide bonds. The van der Waals surface area contributed by atoms with Gasteiger partial charge in [0.1, 0.15) is 0 Å². The zero-order valence-corrected chi connectivity index (χ0v) is 12.3. The second-order valence-corrected chi connectivity index (χ2v) is 6.53. The molecule has 0 atom stereocenters. The van der Waals surface area contributed by atoms with Gasteiger partial charge in [0.05, 0.1) is 0 Å². The minimum absolute atomic E-state index is 0.0865. The second-order valence-electron chi connectivity index (χ2n) is 4.41. The summed E-state index contributed by atoms with van der Waals surface area (Å²) in [6.45, 7) is 0.761. The lowest BCUT2D eigenvalue weighted by Crippen LogP contribution is -2.24. The van der Waals surface area contributed by atoms with Gasteiger partial charge < -0.3 is 10.0 Å². The van der Waals surface area contributed by atoms with E-state index in [2.05, 4.69) is 21.3 Å². The summed E-state index contributed by atoms with van der Waals surface area (Å²) >= 11 is 8.70. The van der Waals surface area contributed by atoms with E-state index < -0.39 is 5.97 Å². The zero-order chi connectivity index (χ0) is 13.4. The van der Waals surface area contributed by atoms with E-state index in [0.717, 1.165) is 30.7 Å². The van der Waals surface area contributed by atoms with Crippen LogP contribution in [0.15, 0.2) is 16.8 Å². The fourth-order valence-electron chi connectivity index (χ4n) is 1.86. The molecule has 0 aromatic carbocycles. The van der Waals surface area contributed by atoms with Crippen LogP contribution in [0.3, 0.4) is 0 Å². The number of nitrogens with zero attached hydrogens (tertiary/aromatic N) is 2. The van der Waals surface area contributed by atoms with E-state index in [1.54, 1.807) is 11.3 Å². The molecule has 2 aromatic heterocycles. The summed E-state index contributed by atoms with van der Waals surface area (Å²) in [5, 5.41) is 14.0. The van der Waals surface area contributed by atoms with Gasteiger partial charge in [0.15, 0.2) is 15.2 Å². The Bertz CT molecular complexity index is 593. The molecule has 4 nitrogen and oxygen atoms in total. The second kappa shape index (κ2) is 5.11. The van der Waals surface area contributed by atoms with E-state index in [0.29, 0.717) is 11.2 Å². The highest BCUT2D eigenvalue weighted by molar-refractivity contribution is 7.18. The number of carboxylic acids is 1. The lowest BCUT2D eigenvalue weighted by Gasteiger charge is -2.20. The van der Waals surface area contributed by atoms with Crippen molar-refractivity contribution in [1.29, 1.82) is 0 Å². The standard InChI is InChI=1S/C12H11ClN2O2S2/c13-10-9(11(16)17)19-12(14-10)15(8-1-2-8)5-7-3-4-18-6-7/h3-4,6,8H,1-2,5H2,(H,16,17). The smallest absolute Gasteiger partial charge is 0.349 e. The molecule has 2 aromatic rings. The van der Waals surface area contributed by atoms with Crippen LogP contribution in [0.5, 0.6) is 0 Å². The van der Waals surface area contributed by atoms with Crippen molar-refractivity contribution in [3.05, 3.63) is 32.4 Å². The average molecular weight is 315 g/mol. The Morgan fingerprint density at radius 1 is 1.58 bits per heavy atom. The number of halogens is 1. The quantitative estimate of drug-likeness (QED) is 0.913. The normalized spacial score (nSPS) is 14.6. The molecule has 7 heteroatoms. The molecule has 0 bridgehead atoms. The third-order valence-corrected chi connectivity index (χ3v) is 5.13. The fourth-order valence-corrected chi connectivity index (χ4v) is 3.72. The van der Waals surface area contributed by atoms with Gasteiger partial charge in [-0.3, -0.25) is 0 Å². The van der Waals surface area contributed by atoms with Crippen LogP contribution >= 0.6 is 34.3 Å². The van der Waals surface area contributed by atoms with E-state index >= 15 is 0 Å². The molecule has 100 valence electrons. The Kier molecular flexibility index (Phi) is 3.47. The van der Waals surface area contributed by atoms with E-state index in [4.69, 9.17) is 16.7 Å². The lowest BCUT2D eigenvalue weighted by atomic mass is 10.3. The maximum Gasteiger partial charge on any atom is 0.349 e. The maximum atomic E-state index is 11.0. The molecule has 0 aliphatic heterocycles. The molecule has 0 spiro atoms. The summed E-state index contributed by atoms with van der Waals surface area (Å²) in [4.78, 5) is 17.5. The highest BCUT2D eigenvalue weighted by Crippen LogP contribution is 2.37. The van der Waals surface area contributed by atoms with Crippen molar-refractivity contribution in [2.45, 2.75) is 25.4 Å². The predicted molar refractivity (Wildman–Crippen MR) is 77.6 cm³/mol. The van der Waals surface area contributed by atoms with Crippen LogP contribution in [0.25, 0.3) is 0 Å². The summed E-state index contributed by atoms with van der Waals surface area (Å²) in [6, 6.07) is 2.54. The Labute approximate surface area is 123 Å². The van der Waals surface area contributed by atoms with Crippen molar-refractivity contribution < 1.29 is 9.90 Å². The van der Waals surface area contributed by atoms with E-state index in [1.165, 1.54) is 5.56 Å². The van der Waals surface area contributed by atoms with Gasteiger partial charge in [-0.15, -0.1) is 0 Å². The molecule has 2 heterocycles. The van der Waals surface area contributed by atoms with Gasteiger partial charge in [0, 0.05) is 12.6 Å². The fraction of sp³-hybridized carbons (Fsp3) is 0.333. The third kappa shape index (κ3) is 2.75. The van der Waals surface area contributed by atoms with Crippen LogP contribution in [-0.2, 0) is 6.54 Å². The number of thiazole rings is 1. The minimum atomic E-state index is -1.01. The SMILES string of the molecule is O=C(O)c1sc(N(Cc2ccsc2)C2CC2)nc1Cl. The van der Waals surface area contributed by atoms with Gasteiger partial charge in [-0.2, -0.15) is 11.3 Å². The molecule has 19 heavy (non-hydrogen) atoms. The molecular weight excluding hydrogens is 304 g/mol. The summed E-state index contributed by atoms with van der Waals surface area (Å²) in [7, 11) is 0. The first-order valence-electron chi connectivity index (χ1n) is 5.82. The first-order valence-corrected chi connectivity index (χ1v) is 7.96. The van der Waals surface area contributed by atoms with E-state index in [-0.39, 0.29) is 10.0 Å². The molecule has 0 unspecified atom stereocenters. The monoisotopic (exact) mass is 314 g/mol. The highest BCUT2D eigenvalue weighted by atomic mass is 35.5. The van der Waals surface area contributed by atoms with Gasteiger partial charge in [0.2, 0.25) is 0 Å². The number of carbonyl (C=O) groups is 1. The van der Waals surface area contributed by atoms with Crippen LogP contribution in [0.4, 0.5) is 5.13 Å². The van der Waals surface area contributed by atoms with Gasteiger partial charge in [-0.1, -0.05) is 22.9 Å². The van der Waals surface area contributed by atoms with Crippen LogP contribution in [0.1, 0.15) is 28.1 Å². The topological polar surface area (TPSA) is 53.4 Å². The van der Waals surface area contributed by atoms with Crippen molar-refractivity contribution in [1.82, 2.24) is 4.98 Å². The molecule has 1 saturated carbocycles.